The molecule has 0 amide bonds. The third-order valence-electron chi connectivity index (χ3n) is 4.48. The molecule has 2 aromatic rings. The maximum absolute atomic E-state index is 4.81. The van der Waals surface area contributed by atoms with Crippen LogP contribution in [-0.2, 0) is 6.54 Å². The van der Waals surface area contributed by atoms with E-state index in [1.807, 2.05) is 28.8 Å². The topological polar surface area (TPSA) is 57.8 Å². The van der Waals surface area contributed by atoms with Crippen LogP contribution in [0.4, 0.5) is 0 Å². The number of hydrogen-bond donors (Lipinski definition) is 1. The molecule has 3 rings (SSSR count). The van der Waals surface area contributed by atoms with Gasteiger partial charge in [0, 0.05) is 25.8 Å². The fourth-order valence-electron chi connectivity index (χ4n) is 3.45. The average molecular weight is 456 g/mol. The van der Waals surface area contributed by atoms with Gasteiger partial charge in [0.1, 0.15) is 6.54 Å². The first-order valence-electron chi connectivity index (χ1n) is 8.99. The normalized spacial score (nSPS) is 18.0. The zero-order valence-corrected chi connectivity index (χ0v) is 17.7. The summed E-state index contributed by atoms with van der Waals surface area (Å²) < 4.78 is 2.00. The van der Waals surface area contributed by atoms with Crippen molar-refractivity contribution in [2.24, 2.45) is 16.8 Å². The van der Waals surface area contributed by atoms with Gasteiger partial charge in [-0.15, -0.1) is 34.2 Å². The molecule has 138 valence electrons. The van der Waals surface area contributed by atoms with Gasteiger partial charge in [-0.05, 0) is 43.7 Å². The molecule has 1 N–H and O–H groups in total. The van der Waals surface area contributed by atoms with Crippen molar-refractivity contribution in [1.82, 2.24) is 24.8 Å². The number of aromatic nitrogens is 3. The molecular weight excluding hydrogens is 427 g/mol. The summed E-state index contributed by atoms with van der Waals surface area (Å²) in [6.07, 6.45) is 4.54. The Morgan fingerprint density at radius 2 is 2.20 bits per heavy atom. The Bertz CT molecular complexity index is 696. The van der Waals surface area contributed by atoms with Gasteiger partial charge in [-0.2, -0.15) is 0 Å². The Hall–Kier alpha value is -1.38. The van der Waals surface area contributed by atoms with Crippen molar-refractivity contribution in [1.29, 1.82) is 0 Å². The highest BCUT2D eigenvalue weighted by Gasteiger charge is 2.25. The van der Waals surface area contributed by atoms with Crippen LogP contribution in [0.3, 0.4) is 0 Å². The summed E-state index contributed by atoms with van der Waals surface area (Å²) in [6, 6.07) is 5.92. The van der Waals surface area contributed by atoms with E-state index in [2.05, 4.69) is 41.2 Å². The maximum atomic E-state index is 4.81. The van der Waals surface area contributed by atoms with Gasteiger partial charge in [-0.25, -0.2) is 4.99 Å². The van der Waals surface area contributed by atoms with E-state index in [4.69, 9.17) is 4.99 Å². The van der Waals surface area contributed by atoms with Crippen LogP contribution >= 0.6 is 24.0 Å². The quantitative estimate of drug-likeness (QED) is 0.427. The predicted octanol–water partition coefficient (Wildman–Crippen LogP) is 3.18. The minimum absolute atomic E-state index is 0. The highest BCUT2D eigenvalue weighted by atomic mass is 127. The molecule has 1 fully saturated rings. The molecule has 1 unspecified atom stereocenters. The smallest absolute Gasteiger partial charge is 0.194 e. The highest BCUT2D eigenvalue weighted by Crippen LogP contribution is 2.23. The summed E-state index contributed by atoms with van der Waals surface area (Å²) in [7, 11) is 0. The number of aliphatic imine (C=N–C) groups is 1. The van der Waals surface area contributed by atoms with Crippen LogP contribution in [0.1, 0.15) is 39.4 Å². The molecule has 0 aromatic carbocycles. The first kappa shape index (κ1) is 19.9. The lowest BCUT2D eigenvalue weighted by Gasteiger charge is -2.22. The number of halogens is 1. The molecule has 0 aliphatic carbocycles. The highest BCUT2D eigenvalue weighted by molar-refractivity contribution is 14.0. The van der Waals surface area contributed by atoms with Crippen molar-refractivity contribution >= 4 is 35.6 Å². The van der Waals surface area contributed by atoms with Crippen LogP contribution in [0.25, 0.3) is 5.65 Å². The molecule has 3 heterocycles. The van der Waals surface area contributed by atoms with Crippen LogP contribution in [0, 0.1) is 11.8 Å². The van der Waals surface area contributed by atoms with Crippen LogP contribution in [0.2, 0.25) is 0 Å². The minimum atomic E-state index is 0. The largest absolute Gasteiger partial charge is 0.357 e. The van der Waals surface area contributed by atoms with Gasteiger partial charge in [0.05, 0.1) is 0 Å². The summed E-state index contributed by atoms with van der Waals surface area (Å²) in [4.78, 5) is 7.20. The summed E-state index contributed by atoms with van der Waals surface area (Å²) in [5.74, 6) is 3.41. The Morgan fingerprint density at radius 3 is 2.96 bits per heavy atom. The zero-order valence-electron chi connectivity index (χ0n) is 15.4. The van der Waals surface area contributed by atoms with Crippen LogP contribution in [-0.4, -0.2) is 45.1 Å². The first-order chi connectivity index (χ1) is 11.7. The van der Waals surface area contributed by atoms with Gasteiger partial charge in [-0.1, -0.05) is 19.9 Å². The van der Waals surface area contributed by atoms with E-state index in [1.54, 1.807) is 0 Å². The number of fused-ring (bicyclic) bond motifs is 1. The van der Waals surface area contributed by atoms with Crippen LogP contribution in [0.15, 0.2) is 29.4 Å². The summed E-state index contributed by atoms with van der Waals surface area (Å²) in [5.41, 5.74) is 0.867. The van der Waals surface area contributed by atoms with E-state index in [-0.39, 0.29) is 24.0 Å². The number of guanidine groups is 1. The molecule has 0 bridgehead atoms. The standard InChI is InChI=1S/C18H28N6.HI/c1-4-19-18(23-10-8-15(13-23)11-14(2)3)20-12-17-22-21-16-7-5-6-9-24(16)17;/h5-7,9,14-15H,4,8,10-13H2,1-3H3,(H,19,20);1H. The molecule has 1 atom stereocenters. The van der Waals surface area contributed by atoms with E-state index in [1.165, 1.54) is 12.8 Å². The maximum Gasteiger partial charge on any atom is 0.194 e. The number of pyridine rings is 1. The van der Waals surface area contributed by atoms with Gasteiger partial charge in [-0.3, -0.25) is 4.40 Å². The third kappa shape index (κ3) is 5.05. The molecule has 2 aromatic heterocycles. The van der Waals surface area contributed by atoms with Gasteiger partial charge in [0.25, 0.3) is 0 Å². The molecule has 0 spiro atoms. The van der Waals surface area contributed by atoms with E-state index in [0.29, 0.717) is 6.54 Å². The SMILES string of the molecule is CCNC(=NCc1nnc2ccccn12)N1CCC(CC(C)C)C1.I. The fraction of sp³-hybridized carbons (Fsp3) is 0.611. The zero-order chi connectivity index (χ0) is 16.9. The Labute approximate surface area is 167 Å². The Morgan fingerprint density at radius 1 is 1.36 bits per heavy atom. The van der Waals surface area contributed by atoms with Crippen molar-refractivity contribution in [3.8, 4) is 0 Å². The van der Waals surface area contributed by atoms with Crippen molar-refractivity contribution < 1.29 is 0 Å². The molecule has 25 heavy (non-hydrogen) atoms. The lowest BCUT2D eigenvalue weighted by atomic mass is 9.97. The lowest BCUT2D eigenvalue weighted by Crippen LogP contribution is -2.40. The fourth-order valence-corrected chi connectivity index (χ4v) is 3.45. The number of rotatable bonds is 5. The Balaban J connectivity index is 0.00000225. The van der Waals surface area contributed by atoms with Crippen molar-refractivity contribution in [3.05, 3.63) is 30.2 Å². The monoisotopic (exact) mass is 456 g/mol. The molecule has 0 radical (unpaired) electrons. The van der Waals surface area contributed by atoms with E-state index in [9.17, 15) is 0 Å². The van der Waals surface area contributed by atoms with Gasteiger partial charge in [0.15, 0.2) is 17.4 Å². The molecule has 6 nitrogen and oxygen atoms in total. The first-order valence-corrected chi connectivity index (χ1v) is 8.99. The number of nitrogens with one attached hydrogen (secondary N) is 1. The molecule has 1 aliphatic rings. The minimum Gasteiger partial charge on any atom is -0.357 e. The van der Waals surface area contributed by atoms with E-state index >= 15 is 0 Å². The average Bonchev–Trinajstić information content (AvgIpc) is 3.18. The van der Waals surface area contributed by atoms with Crippen molar-refractivity contribution in [3.63, 3.8) is 0 Å². The number of likely N-dealkylation sites (tertiary alicyclic amines) is 1. The second-order valence-corrected chi connectivity index (χ2v) is 6.95. The number of nitrogens with zero attached hydrogens (tertiary/aromatic N) is 5. The molecule has 1 aliphatic heterocycles. The van der Waals surface area contributed by atoms with Crippen molar-refractivity contribution in [2.45, 2.75) is 40.2 Å². The van der Waals surface area contributed by atoms with Gasteiger partial charge >= 0.3 is 0 Å². The van der Waals surface area contributed by atoms with Gasteiger partial charge < -0.3 is 10.2 Å². The molecule has 1 saturated heterocycles. The van der Waals surface area contributed by atoms with Crippen LogP contribution < -0.4 is 5.32 Å². The summed E-state index contributed by atoms with van der Waals surface area (Å²) in [6.45, 7) is 10.3. The Kier molecular flexibility index (Phi) is 7.46. The van der Waals surface area contributed by atoms with E-state index in [0.717, 1.165) is 48.9 Å². The lowest BCUT2D eigenvalue weighted by molar-refractivity contribution is 0.403. The predicted molar refractivity (Wildman–Crippen MR) is 112 cm³/mol. The van der Waals surface area contributed by atoms with E-state index < -0.39 is 0 Å². The van der Waals surface area contributed by atoms with Crippen LogP contribution in [0.5, 0.6) is 0 Å². The summed E-state index contributed by atoms with van der Waals surface area (Å²) >= 11 is 0. The second kappa shape index (κ2) is 9.35. The summed E-state index contributed by atoms with van der Waals surface area (Å²) in [5, 5.41) is 11.9. The third-order valence-corrected chi connectivity index (χ3v) is 4.48. The second-order valence-electron chi connectivity index (χ2n) is 6.95. The molecule has 7 heteroatoms. The molecular formula is C18H29IN6. The van der Waals surface area contributed by atoms with Crippen molar-refractivity contribution in [2.75, 3.05) is 19.6 Å². The van der Waals surface area contributed by atoms with Gasteiger partial charge in [0.2, 0.25) is 0 Å². The molecule has 0 saturated carbocycles. The number of hydrogen-bond acceptors (Lipinski definition) is 3.